The molecule has 2 unspecified atom stereocenters. The number of hydrogen-bond acceptors (Lipinski definition) is 4. The van der Waals surface area contributed by atoms with Crippen LogP contribution in [0.4, 0.5) is 4.79 Å². The Morgan fingerprint density at radius 1 is 1.35 bits per heavy atom. The van der Waals surface area contributed by atoms with Crippen molar-refractivity contribution < 1.29 is 19.1 Å². The monoisotopic (exact) mass is 244 g/mol. The van der Waals surface area contributed by atoms with E-state index in [4.69, 9.17) is 4.74 Å². The molecule has 2 amide bonds. The first-order chi connectivity index (χ1) is 7.93. The second-order valence-electron chi connectivity index (χ2n) is 4.36. The lowest BCUT2D eigenvalue weighted by Gasteiger charge is -2.35. The number of morpholine rings is 1. The zero-order chi connectivity index (χ0) is 13.0. The summed E-state index contributed by atoms with van der Waals surface area (Å²) in [5, 5.41) is 2.60. The highest BCUT2D eigenvalue weighted by Gasteiger charge is 2.27. The third-order valence-corrected chi connectivity index (χ3v) is 2.60. The molecule has 0 aromatic rings. The van der Waals surface area contributed by atoms with Crippen molar-refractivity contribution in [3.8, 4) is 0 Å². The second-order valence-corrected chi connectivity index (χ2v) is 4.36. The molecule has 17 heavy (non-hydrogen) atoms. The number of urea groups is 1. The van der Waals surface area contributed by atoms with Crippen molar-refractivity contribution in [1.82, 2.24) is 10.2 Å². The summed E-state index contributed by atoms with van der Waals surface area (Å²) in [6.45, 7) is 6.49. The molecule has 1 aliphatic rings. The van der Waals surface area contributed by atoms with Gasteiger partial charge in [-0.2, -0.15) is 0 Å². The maximum absolute atomic E-state index is 11.9. The Kier molecular flexibility index (Phi) is 4.74. The Morgan fingerprint density at radius 3 is 2.35 bits per heavy atom. The molecule has 6 heteroatoms. The van der Waals surface area contributed by atoms with Crippen molar-refractivity contribution in [2.75, 3.05) is 20.2 Å². The van der Waals surface area contributed by atoms with Crippen LogP contribution in [0, 0.1) is 0 Å². The van der Waals surface area contributed by atoms with E-state index in [-0.39, 0.29) is 18.2 Å². The van der Waals surface area contributed by atoms with E-state index < -0.39 is 12.0 Å². The zero-order valence-electron chi connectivity index (χ0n) is 10.7. The molecule has 3 atom stereocenters. The summed E-state index contributed by atoms with van der Waals surface area (Å²) < 4.78 is 10.1. The van der Waals surface area contributed by atoms with Gasteiger partial charge in [-0.15, -0.1) is 0 Å². The number of methoxy groups -OCH3 is 1. The van der Waals surface area contributed by atoms with E-state index in [0.29, 0.717) is 13.1 Å². The van der Waals surface area contributed by atoms with Crippen LogP contribution in [0.3, 0.4) is 0 Å². The molecule has 1 rings (SSSR count). The summed E-state index contributed by atoms with van der Waals surface area (Å²) in [6, 6.07) is -0.897. The van der Waals surface area contributed by atoms with Gasteiger partial charge in [-0.25, -0.2) is 9.59 Å². The minimum absolute atomic E-state index is 0.0120. The predicted octanol–water partition coefficient (Wildman–Crippen LogP) is 0.367. The summed E-state index contributed by atoms with van der Waals surface area (Å²) >= 11 is 0. The van der Waals surface area contributed by atoms with Crippen molar-refractivity contribution in [2.45, 2.75) is 39.0 Å². The van der Waals surface area contributed by atoms with Gasteiger partial charge >= 0.3 is 12.0 Å². The number of nitrogens with zero attached hydrogens (tertiary/aromatic N) is 1. The molecule has 1 aliphatic heterocycles. The van der Waals surface area contributed by atoms with Crippen LogP contribution in [0.5, 0.6) is 0 Å². The zero-order valence-corrected chi connectivity index (χ0v) is 10.7. The number of esters is 1. The van der Waals surface area contributed by atoms with Gasteiger partial charge in [0.25, 0.3) is 0 Å². The Morgan fingerprint density at radius 2 is 1.88 bits per heavy atom. The molecule has 0 aromatic carbocycles. The molecule has 0 aromatic heterocycles. The number of amides is 2. The summed E-state index contributed by atoms with van der Waals surface area (Å²) in [4.78, 5) is 24.7. The number of carbonyl (C=O) groups excluding carboxylic acids is 2. The highest BCUT2D eigenvalue weighted by atomic mass is 16.5. The standard InChI is InChI=1S/C11H20N2O4/c1-7-5-13(6-8(2)17-7)11(15)12-9(3)10(14)16-4/h7-9H,5-6H2,1-4H3,(H,12,15)/t7?,8?,9-/m0/s1. The van der Waals surface area contributed by atoms with Crippen LogP contribution in [0.25, 0.3) is 0 Å². The smallest absolute Gasteiger partial charge is 0.328 e. The average Bonchev–Trinajstić information content (AvgIpc) is 2.26. The number of rotatable bonds is 2. The highest BCUT2D eigenvalue weighted by Crippen LogP contribution is 2.10. The third kappa shape index (κ3) is 3.89. The van der Waals surface area contributed by atoms with E-state index in [1.54, 1.807) is 11.8 Å². The minimum atomic E-state index is -0.638. The number of hydrogen-bond donors (Lipinski definition) is 1. The van der Waals surface area contributed by atoms with E-state index >= 15 is 0 Å². The lowest BCUT2D eigenvalue weighted by atomic mass is 10.2. The summed E-state index contributed by atoms with van der Waals surface area (Å²) in [6.07, 6.45) is 0.0239. The van der Waals surface area contributed by atoms with Crippen LogP contribution in [0.2, 0.25) is 0 Å². The summed E-state index contributed by atoms with van der Waals surface area (Å²) in [5.74, 6) is -0.451. The van der Waals surface area contributed by atoms with Gasteiger partial charge in [0.15, 0.2) is 0 Å². The van der Waals surface area contributed by atoms with Gasteiger partial charge in [-0.05, 0) is 20.8 Å². The van der Waals surface area contributed by atoms with E-state index in [9.17, 15) is 9.59 Å². The van der Waals surface area contributed by atoms with E-state index in [1.165, 1.54) is 7.11 Å². The van der Waals surface area contributed by atoms with Gasteiger partial charge in [0.2, 0.25) is 0 Å². The third-order valence-electron chi connectivity index (χ3n) is 2.60. The average molecular weight is 244 g/mol. The maximum atomic E-state index is 11.9. The molecular weight excluding hydrogens is 224 g/mol. The van der Waals surface area contributed by atoms with Crippen LogP contribution >= 0.6 is 0 Å². The van der Waals surface area contributed by atoms with E-state index in [0.717, 1.165) is 0 Å². The van der Waals surface area contributed by atoms with Gasteiger partial charge in [-0.1, -0.05) is 0 Å². The van der Waals surface area contributed by atoms with Crippen molar-refractivity contribution in [2.24, 2.45) is 0 Å². The van der Waals surface area contributed by atoms with Crippen LogP contribution in [-0.2, 0) is 14.3 Å². The van der Waals surface area contributed by atoms with Gasteiger partial charge in [0.05, 0.1) is 19.3 Å². The van der Waals surface area contributed by atoms with E-state index in [1.807, 2.05) is 13.8 Å². The highest BCUT2D eigenvalue weighted by molar-refractivity contribution is 5.83. The molecule has 1 heterocycles. The topological polar surface area (TPSA) is 67.9 Å². The molecule has 1 fully saturated rings. The molecule has 0 aliphatic carbocycles. The Bertz CT molecular complexity index is 285. The number of nitrogens with one attached hydrogen (secondary N) is 1. The van der Waals surface area contributed by atoms with Gasteiger partial charge in [0, 0.05) is 13.1 Å². The second kappa shape index (κ2) is 5.86. The SMILES string of the molecule is COC(=O)[C@H](C)NC(=O)N1CC(C)OC(C)C1. The normalized spacial score (nSPS) is 26.2. The predicted molar refractivity (Wildman–Crippen MR) is 61.6 cm³/mol. The molecule has 6 nitrogen and oxygen atoms in total. The Hall–Kier alpha value is -1.30. The molecule has 0 radical (unpaired) electrons. The van der Waals surface area contributed by atoms with Crippen molar-refractivity contribution in [3.63, 3.8) is 0 Å². The van der Waals surface area contributed by atoms with Crippen LogP contribution < -0.4 is 5.32 Å². The lowest BCUT2D eigenvalue weighted by molar-refractivity contribution is -0.142. The van der Waals surface area contributed by atoms with E-state index in [2.05, 4.69) is 10.1 Å². The molecule has 0 saturated carbocycles. The summed E-state index contributed by atoms with van der Waals surface area (Å²) in [5.41, 5.74) is 0. The fourth-order valence-corrected chi connectivity index (χ4v) is 1.86. The molecule has 1 N–H and O–H groups in total. The number of carbonyl (C=O) groups is 2. The molecule has 98 valence electrons. The molecule has 0 bridgehead atoms. The molecular formula is C11H20N2O4. The Labute approximate surface area is 101 Å². The van der Waals surface area contributed by atoms with Gasteiger partial charge in [0.1, 0.15) is 6.04 Å². The van der Waals surface area contributed by atoms with Crippen molar-refractivity contribution >= 4 is 12.0 Å². The Balaban J connectivity index is 2.49. The lowest BCUT2D eigenvalue weighted by Crippen LogP contribution is -2.54. The molecule has 1 saturated heterocycles. The van der Waals surface area contributed by atoms with Crippen LogP contribution in [0.1, 0.15) is 20.8 Å². The quantitative estimate of drug-likeness (QED) is 0.712. The van der Waals surface area contributed by atoms with Crippen molar-refractivity contribution in [1.29, 1.82) is 0 Å². The van der Waals surface area contributed by atoms with Crippen molar-refractivity contribution in [3.05, 3.63) is 0 Å². The van der Waals surface area contributed by atoms with Gasteiger partial charge < -0.3 is 19.7 Å². The van der Waals surface area contributed by atoms with Crippen LogP contribution in [-0.4, -0.2) is 55.3 Å². The summed E-state index contributed by atoms with van der Waals surface area (Å²) in [7, 11) is 1.30. The fourth-order valence-electron chi connectivity index (χ4n) is 1.86. The largest absolute Gasteiger partial charge is 0.467 e. The minimum Gasteiger partial charge on any atom is -0.467 e. The van der Waals surface area contributed by atoms with Gasteiger partial charge in [-0.3, -0.25) is 0 Å². The first kappa shape index (κ1) is 13.8. The fraction of sp³-hybridized carbons (Fsp3) is 0.818. The first-order valence-electron chi connectivity index (χ1n) is 5.72. The number of ether oxygens (including phenoxy) is 2. The first-order valence-corrected chi connectivity index (χ1v) is 5.72. The van der Waals surface area contributed by atoms with Crippen LogP contribution in [0.15, 0.2) is 0 Å². The maximum Gasteiger partial charge on any atom is 0.328 e. The molecule has 0 spiro atoms.